The summed E-state index contributed by atoms with van der Waals surface area (Å²) in [5.74, 6) is -0.923. The van der Waals surface area contributed by atoms with Crippen LogP contribution in [0.25, 0.3) is 0 Å². The van der Waals surface area contributed by atoms with Gasteiger partial charge in [-0.2, -0.15) is 0 Å². The monoisotopic (exact) mass is 379 g/mol. The minimum Gasteiger partial charge on any atom is -0.478 e. The van der Waals surface area contributed by atoms with Crippen LogP contribution in [0.5, 0.6) is 0 Å². The van der Waals surface area contributed by atoms with E-state index in [0.717, 1.165) is 43.6 Å². The van der Waals surface area contributed by atoms with Crippen molar-refractivity contribution in [1.29, 1.82) is 0 Å². The molecule has 2 heterocycles. The molecule has 28 heavy (non-hydrogen) atoms. The Morgan fingerprint density at radius 2 is 1.75 bits per heavy atom. The topological polar surface area (TPSA) is 72.9 Å². The van der Waals surface area contributed by atoms with Gasteiger partial charge in [-0.25, -0.2) is 9.59 Å². The van der Waals surface area contributed by atoms with Crippen molar-refractivity contribution in [3.05, 3.63) is 64.7 Å². The van der Waals surface area contributed by atoms with Crippen LogP contribution in [0.3, 0.4) is 0 Å². The van der Waals surface area contributed by atoms with Gasteiger partial charge in [0, 0.05) is 25.3 Å². The zero-order valence-corrected chi connectivity index (χ0v) is 15.9. The van der Waals surface area contributed by atoms with Crippen molar-refractivity contribution in [3.8, 4) is 0 Å². The second-order valence-corrected chi connectivity index (χ2v) is 7.38. The van der Waals surface area contributed by atoms with E-state index < -0.39 is 5.97 Å². The molecule has 0 atom stereocenters. The quantitative estimate of drug-likeness (QED) is 0.837. The molecule has 4 rings (SSSR count). The number of carbonyl (C=O) groups excluding carboxylic acids is 1. The number of rotatable bonds is 5. The molecule has 0 saturated carbocycles. The first kappa shape index (κ1) is 18.5. The third-order valence-electron chi connectivity index (χ3n) is 5.61. The first-order valence-corrected chi connectivity index (χ1v) is 9.83. The Morgan fingerprint density at radius 3 is 2.50 bits per heavy atom. The van der Waals surface area contributed by atoms with Crippen molar-refractivity contribution in [2.75, 3.05) is 37.6 Å². The van der Waals surface area contributed by atoms with Crippen molar-refractivity contribution in [2.45, 2.75) is 19.3 Å². The van der Waals surface area contributed by atoms with Crippen LogP contribution < -0.4 is 10.2 Å². The summed E-state index contributed by atoms with van der Waals surface area (Å²) in [5.41, 5.74) is 5.02. The summed E-state index contributed by atoms with van der Waals surface area (Å²) in [6.07, 6.45) is 2.76. The normalized spacial score (nSPS) is 16.8. The summed E-state index contributed by atoms with van der Waals surface area (Å²) in [7, 11) is 0. The van der Waals surface area contributed by atoms with Gasteiger partial charge in [-0.3, -0.25) is 4.90 Å². The summed E-state index contributed by atoms with van der Waals surface area (Å²) in [6.45, 7) is 4.04. The number of nitrogens with one attached hydrogen (secondary N) is 1. The van der Waals surface area contributed by atoms with Crippen molar-refractivity contribution in [3.63, 3.8) is 0 Å². The lowest BCUT2D eigenvalue weighted by molar-refractivity contribution is 0.0697. The van der Waals surface area contributed by atoms with E-state index in [1.54, 1.807) is 12.1 Å². The van der Waals surface area contributed by atoms with E-state index >= 15 is 0 Å². The average Bonchev–Trinajstić information content (AvgIpc) is 2.91. The number of amides is 2. The van der Waals surface area contributed by atoms with Gasteiger partial charge in [0.2, 0.25) is 0 Å². The van der Waals surface area contributed by atoms with Crippen molar-refractivity contribution in [1.82, 2.24) is 10.2 Å². The number of carboxylic acid groups (broad SMARTS) is 1. The van der Waals surface area contributed by atoms with Crippen LogP contribution in [0.4, 0.5) is 10.5 Å². The Morgan fingerprint density at radius 1 is 1.00 bits per heavy atom. The van der Waals surface area contributed by atoms with Gasteiger partial charge in [0.05, 0.1) is 5.56 Å². The number of aromatic carboxylic acids is 1. The molecule has 6 nitrogen and oxygen atoms in total. The SMILES string of the molecule is O=C(O)c1ccc(CCN2CCN(c3ccc4c(c3)CCNCC4)C2=O)cc1. The van der Waals surface area contributed by atoms with Crippen molar-refractivity contribution in [2.24, 2.45) is 0 Å². The van der Waals surface area contributed by atoms with Crippen LogP contribution >= 0.6 is 0 Å². The fraction of sp³-hybridized carbons (Fsp3) is 0.364. The van der Waals surface area contributed by atoms with Crippen LogP contribution in [0.15, 0.2) is 42.5 Å². The van der Waals surface area contributed by atoms with Gasteiger partial charge >= 0.3 is 12.0 Å². The van der Waals surface area contributed by atoms with Crippen molar-refractivity contribution >= 4 is 17.7 Å². The van der Waals surface area contributed by atoms with Gasteiger partial charge in [0.25, 0.3) is 0 Å². The molecule has 2 aliphatic heterocycles. The predicted molar refractivity (Wildman–Crippen MR) is 108 cm³/mol. The molecule has 0 radical (unpaired) electrons. The zero-order valence-electron chi connectivity index (χ0n) is 15.9. The van der Waals surface area contributed by atoms with Crippen LogP contribution in [0.2, 0.25) is 0 Å². The molecular weight excluding hydrogens is 354 g/mol. The van der Waals surface area contributed by atoms with E-state index in [9.17, 15) is 9.59 Å². The van der Waals surface area contributed by atoms with E-state index in [2.05, 4.69) is 23.5 Å². The van der Waals surface area contributed by atoms with Crippen LogP contribution in [0.1, 0.15) is 27.0 Å². The summed E-state index contributed by atoms with van der Waals surface area (Å²) in [6, 6.07) is 13.3. The maximum absolute atomic E-state index is 12.9. The smallest absolute Gasteiger partial charge is 0.335 e. The van der Waals surface area contributed by atoms with Gasteiger partial charge < -0.3 is 15.3 Å². The van der Waals surface area contributed by atoms with E-state index in [4.69, 9.17) is 5.11 Å². The lowest BCUT2D eigenvalue weighted by Gasteiger charge is -2.20. The summed E-state index contributed by atoms with van der Waals surface area (Å²) >= 11 is 0. The molecule has 0 unspecified atom stereocenters. The molecule has 6 heteroatoms. The first-order valence-electron chi connectivity index (χ1n) is 9.83. The molecular formula is C22H25N3O3. The number of carboxylic acids is 1. The van der Waals surface area contributed by atoms with E-state index in [0.29, 0.717) is 19.6 Å². The second-order valence-electron chi connectivity index (χ2n) is 7.38. The third kappa shape index (κ3) is 3.87. The summed E-state index contributed by atoms with van der Waals surface area (Å²) < 4.78 is 0. The van der Waals surface area contributed by atoms with E-state index in [1.165, 1.54) is 11.1 Å². The number of urea groups is 1. The molecule has 0 spiro atoms. The summed E-state index contributed by atoms with van der Waals surface area (Å²) in [4.78, 5) is 27.5. The second kappa shape index (κ2) is 8.02. The Kier molecular flexibility index (Phi) is 5.30. The molecule has 0 aromatic heterocycles. The van der Waals surface area contributed by atoms with E-state index in [1.807, 2.05) is 21.9 Å². The molecule has 1 saturated heterocycles. The lowest BCUT2D eigenvalue weighted by Crippen LogP contribution is -2.33. The number of carbonyl (C=O) groups is 2. The maximum Gasteiger partial charge on any atom is 0.335 e. The Bertz CT molecular complexity index is 879. The zero-order chi connectivity index (χ0) is 19.5. The molecule has 2 N–H and O–H groups in total. The molecule has 2 amide bonds. The van der Waals surface area contributed by atoms with E-state index in [-0.39, 0.29) is 11.6 Å². The molecule has 1 fully saturated rings. The highest BCUT2D eigenvalue weighted by Gasteiger charge is 2.29. The molecule has 0 aliphatic carbocycles. The van der Waals surface area contributed by atoms with Crippen LogP contribution in [-0.2, 0) is 19.3 Å². The lowest BCUT2D eigenvalue weighted by atomic mass is 10.0. The average molecular weight is 379 g/mol. The highest BCUT2D eigenvalue weighted by Crippen LogP contribution is 2.25. The summed E-state index contributed by atoms with van der Waals surface area (Å²) in [5, 5.41) is 12.4. The van der Waals surface area contributed by atoms with Gasteiger partial charge in [0.1, 0.15) is 0 Å². The molecule has 146 valence electrons. The maximum atomic E-state index is 12.9. The Labute approximate surface area is 164 Å². The number of nitrogens with zero attached hydrogens (tertiary/aromatic N) is 2. The minimum absolute atomic E-state index is 0.0499. The third-order valence-corrected chi connectivity index (χ3v) is 5.61. The van der Waals surface area contributed by atoms with Crippen molar-refractivity contribution < 1.29 is 14.7 Å². The van der Waals surface area contributed by atoms with Gasteiger partial charge in [-0.15, -0.1) is 0 Å². The largest absolute Gasteiger partial charge is 0.478 e. The number of fused-ring (bicyclic) bond motifs is 1. The first-order chi connectivity index (χ1) is 13.6. The minimum atomic E-state index is -0.923. The Balaban J connectivity index is 1.39. The number of benzene rings is 2. The molecule has 0 bridgehead atoms. The van der Waals surface area contributed by atoms with Gasteiger partial charge in [-0.05, 0) is 73.3 Å². The number of hydrogen-bond acceptors (Lipinski definition) is 3. The number of hydrogen-bond donors (Lipinski definition) is 2. The highest BCUT2D eigenvalue weighted by molar-refractivity contribution is 5.94. The van der Waals surface area contributed by atoms with Crippen LogP contribution in [-0.4, -0.2) is 54.7 Å². The standard InChI is InChI=1S/C22H25N3O3/c26-21(27)18-3-1-16(2-4-18)9-12-24-13-14-25(22(24)28)20-6-5-17-7-10-23-11-8-19(17)15-20/h1-6,15,23H,7-14H2,(H,26,27). The predicted octanol–water partition coefficient (Wildman–Crippen LogP) is 2.56. The molecule has 2 aliphatic rings. The van der Waals surface area contributed by atoms with Gasteiger partial charge in [0.15, 0.2) is 0 Å². The fourth-order valence-corrected chi connectivity index (χ4v) is 3.94. The van der Waals surface area contributed by atoms with Crippen LogP contribution in [0, 0.1) is 0 Å². The number of anilines is 1. The molecule has 2 aromatic rings. The Hall–Kier alpha value is -2.86. The highest BCUT2D eigenvalue weighted by atomic mass is 16.4. The fourth-order valence-electron chi connectivity index (χ4n) is 3.94. The van der Waals surface area contributed by atoms with Gasteiger partial charge in [-0.1, -0.05) is 18.2 Å². The molecule has 2 aromatic carbocycles.